The lowest BCUT2D eigenvalue weighted by Crippen LogP contribution is -2.24. The summed E-state index contributed by atoms with van der Waals surface area (Å²) in [6.45, 7) is 3.52. The molecule has 0 saturated heterocycles. The zero-order valence-corrected chi connectivity index (χ0v) is 8.64. The molecule has 1 aromatic carbocycles. The van der Waals surface area contributed by atoms with Gasteiger partial charge < -0.3 is 15.1 Å². The van der Waals surface area contributed by atoms with Gasteiger partial charge in [-0.3, -0.25) is 0 Å². The van der Waals surface area contributed by atoms with Crippen LogP contribution in [0.3, 0.4) is 0 Å². The summed E-state index contributed by atoms with van der Waals surface area (Å²) in [5, 5.41) is 19.0. The van der Waals surface area contributed by atoms with E-state index in [0.29, 0.717) is 6.54 Å². The lowest BCUT2D eigenvalue weighted by Gasteiger charge is -2.18. The van der Waals surface area contributed by atoms with Crippen molar-refractivity contribution in [1.29, 1.82) is 0 Å². The van der Waals surface area contributed by atoms with Crippen LogP contribution < -0.4 is 0 Å². The van der Waals surface area contributed by atoms with E-state index in [0.717, 1.165) is 12.1 Å². The van der Waals surface area contributed by atoms with Gasteiger partial charge in [-0.25, -0.2) is 0 Å². The van der Waals surface area contributed by atoms with Crippen molar-refractivity contribution in [3.63, 3.8) is 0 Å². The highest BCUT2D eigenvalue weighted by atomic mass is 16.3. The summed E-state index contributed by atoms with van der Waals surface area (Å²) in [5.74, 6) is 0.195. The van der Waals surface area contributed by atoms with Gasteiger partial charge in [0.15, 0.2) is 0 Å². The molecule has 0 aromatic heterocycles. The monoisotopic (exact) mass is 195 g/mol. The van der Waals surface area contributed by atoms with Crippen LogP contribution in [0.2, 0.25) is 0 Å². The van der Waals surface area contributed by atoms with Crippen molar-refractivity contribution < 1.29 is 10.2 Å². The molecule has 0 radical (unpaired) electrons. The number of aliphatic hydroxyl groups is 1. The maximum Gasteiger partial charge on any atom is 0.115 e. The van der Waals surface area contributed by atoms with Crippen molar-refractivity contribution in [3.05, 3.63) is 29.8 Å². The van der Waals surface area contributed by atoms with Crippen LogP contribution in [0.5, 0.6) is 5.75 Å². The maximum absolute atomic E-state index is 9.79. The van der Waals surface area contributed by atoms with Gasteiger partial charge in [0.05, 0.1) is 6.10 Å². The number of benzene rings is 1. The number of aromatic hydroxyl groups is 1. The van der Waals surface area contributed by atoms with Crippen molar-refractivity contribution >= 4 is 0 Å². The number of hydrogen-bond acceptors (Lipinski definition) is 3. The van der Waals surface area contributed by atoms with Gasteiger partial charge in [-0.2, -0.15) is 0 Å². The molecule has 0 bridgehead atoms. The summed E-state index contributed by atoms with van der Waals surface area (Å²) in [4.78, 5) is 2.02. The molecule has 14 heavy (non-hydrogen) atoms. The zero-order valence-electron chi connectivity index (χ0n) is 8.64. The molecule has 0 aliphatic heterocycles. The third-order valence-corrected chi connectivity index (χ3v) is 2.28. The van der Waals surface area contributed by atoms with E-state index >= 15 is 0 Å². The molecule has 1 aromatic rings. The molecule has 0 aliphatic rings. The molecule has 0 unspecified atom stereocenters. The number of nitrogens with zero attached hydrogens (tertiary/aromatic N) is 1. The van der Waals surface area contributed by atoms with Crippen LogP contribution in [-0.4, -0.2) is 35.3 Å². The van der Waals surface area contributed by atoms with Crippen LogP contribution in [-0.2, 0) is 0 Å². The number of likely N-dealkylation sites (N-methyl/N-ethyl adjacent to an activating group) is 1. The Bertz CT molecular complexity index is 288. The first kappa shape index (κ1) is 11.0. The van der Waals surface area contributed by atoms with E-state index in [2.05, 4.69) is 0 Å². The average Bonchev–Trinajstić information content (AvgIpc) is 2.17. The number of hydrogen-bond donors (Lipinski definition) is 2. The second-order valence-electron chi connectivity index (χ2n) is 3.47. The fourth-order valence-corrected chi connectivity index (χ4v) is 1.26. The molecule has 0 heterocycles. The highest BCUT2D eigenvalue weighted by molar-refractivity contribution is 5.28. The smallest absolute Gasteiger partial charge is 0.115 e. The summed E-state index contributed by atoms with van der Waals surface area (Å²) in [7, 11) is 1.95. The van der Waals surface area contributed by atoms with Gasteiger partial charge in [0, 0.05) is 6.54 Å². The Balaban J connectivity index is 2.64. The second kappa shape index (κ2) is 4.98. The van der Waals surface area contributed by atoms with Gasteiger partial charge in [-0.1, -0.05) is 19.1 Å². The number of phenols is 1. The molecule has 0 aliphatic carbocycles. The third-order valence-electron chi connectivity index (χ3n) is 2.28. The number of aliphatic hydroxyl groups excluding tert-OH is 1. The van der Waals surface area contributed by atoms with Crippen LogP contribution >= 0.6 is 0 Å². The van der Waals surface area contributed by atoms with Gasteiger partial charge in [-0.05, 0) is 31.3 Å². The second-order valence-corrected chi connectivity index (χ2v) is 3.47. The predicted octanol–water partition coefficient (Wildman–Crippen LogP) is 1.38. The largest absolute Gasteiger partial charge is 0.508 e. The maximum atomic E-state index is 9.79. The quantitative estimate of drug-likeness (QED) is 0.762. The first-order valence-electron chi connectivity index (χ1n) is 4.79. The van der Waals surface area contributed by atoms with E-state index in [9.17, 15) is 10.2 Å². The summed E-state index contributed by atoms with van der Waals surface area (Å²) in [5.41, 5.74) is 0.755. The Morgan fingerprint density at radius 3 is 2.71 bits per heavy atom. The van der Waals surface area contributed by atoms with Gasteiger partial charge in [0.1, 0.15) is 5.75 Å². The minimum absolute atomic E-state index is 0.195. The molecule has 3 heteroatoms. The minimum atomic E-state index is -0.535. The van der Waals surface area contributed by atoms with Crippen molar-refractivity contribution in [3.8, 4) is 5.75 Å². The topological polar surface area (TPSA) is 43.7 Å². The molecule has 0 saturated carbocycles. The van der Waals surface area contributed by atoms with Gasteiger partial charge >= 0.3 is 0 Å². The fraction of sp³-hybridized carbons (Fsp3) is 0.455. The molecule has 0 amide bonds. The number of phenolic OH excluding ortho intramolecular Hbond substituents is 1. The standard InChI is InChI=1S/C11H17NO2/c1-3-12(2)8-11(14)9-5-4-6-10(13)7-9/h4-7,11,13-14H,3,8H2,1-2H3/t11-/m1/s1. The molecule has 1 atom stereocenters. The molecule has 0 spiro atoms. The minimum Gasteiger partial charge on any atom is -0.508 e. The van der Waals surface area contributed by atoms with Gasteiger partial charge in [0.2, 0.25) is 0 Å². The highest BCUT2D eigenvalue weighted by Crippen LogP contribution is 2.18. The van der Waals surface area contributed by atoms with Crippen molar-refractivity contribution in [1.82, 2.24) is 4.90 Å². The Kier molecular flexibility index (Phi) is 3.92. The fourth-order valence-electron chi connectivity index (χ4n) is 1.26. The molecular weight excluding hydrogens is 178 g/mol. The Morgan fingerprint density at radius 1 is 1.43 bits per heavy atom. The predicted molar refractivity (Wildman–Crippen MR) is 56.2 cm³/mol. The van der Waals surface area contributed by atoms with Crippen molar-refractivity contribution in [2.24, 2.45) is 0 Å². The molecular formula is C11H17NO2. The third kappa shape index (κ3) is 3.01. The van der Waals surface area contributed by atoms with Crippen LogP contribution in [0, 0.1) is 0 Å². The summed E-state index contributed by atoms with van der Waals surface area (Å²) >= 11 is 0. The Labute approximate surface area is 84.6 Å². The molecule has 0 fully saturated rings. The van der Waals surface area contributed by atoms with E-state index in [4.69, 9.17) is 0 Å². The van der Waals surface area contributed by atoms with Crippen molar-refractivity contribution in [2.45, 2.75) is 13.0 Å². The Morgan fingerprint density at radius 2 is 2.14 bits per heavy atom. The van der Waals surface area contributed by atoms with E-state index < -0.39 is 6.10 Å². The molecule has 1 rings (SSSR count). The average molecular weight is 195 g/mol. The summed E-state index contributed by atoms with van der Waals surface area (Å²) < 4.78 is 0. The molecule has 2 N–H and O–H groups in total. The van der Waals surface area contributed by atoms with Gasteiger partial charge in [0.25, 0.3) is 0 Å². The lowest BCUT2D eigenvalue weighted by atomic mass is 10.1. The van der Waals surface area contributed by atoms with Crippen molar-refractivity contribution in [2.75, 3.05) is 20.1 Å². The first-order valence-corrected chi connectivity index (χ1v) is 4.79. The molecule has 3 nitrogen and oxygen atoms in total. The highest BCUT2D eigenvalue weighted by Gasteiger charge is 2.09. The number of rotatable bonds is 4. The van der Waals surface area contributed by atoms with Crippen LogP contribution in [0.15, 0.2) is 24.3 Å². The van der Waals surface area contributed by atoms with E-state index in [1.807, 2.05) is 24.9 Å². The SMILES string of the molecule is CCN(C)C[C@@H](O)c1cccc(O)c1. The molecule has 78 valence electrons. The zero-order chi connectivity index (χ0) is 10.6. The van der Waals surface area contributed by atoms with E-state index in [1.165, 1.54) is 0 Å². The Hall–Kier alpha value is -1.06. The van der Waals surface area contributed by atoms with Gasteiger partial charge in [-0.15, -0.1) is 0 Å². The summed E-state index contributed by atoms with van der Waals surface area (Å²) in [6, 6.07) is 6.74. The van der Waals surface area contributed by atoms with Crippen LogP contribution in [0.4, 0.5) is 0 Å². The van der Waals surface area contributed by atoms with Crippen LogP contribution in [0.25, 0.3) is 0 Å². The van der Waals surface area contributed by atoms with Crippen LogP contribution in [0.1, 0.15) is 18.6 Å². The first-order chi connectivity index (χ1) is 6.63. The summed E-state index contributed by atoms with van der Waals surface area (Å²) in [6.07, 6.45) is -0.535. The normalized spacial score (nSPS) is 13.1. The lowest BCUT2D eigenvalue weighted by molar-refractivity contribution is 0.129. The van der Waals surface area contributed by atoms with E-state index in [-0.39, 0.29) is 5.75 Å². The van der Waals surface area contributed by atoms with E-state index in [1.54, 1.807) is 18.2 Å².